The summed E-state index contributed by atoms with van der Waals surface area (Å²) < 4.78 is 0. The highest BCUT2D eigenvalue weighted by atomic mass is 15.0. The fraction of sp³-hybridized carbons (Fsp3) is 0.933. The first-order valence-corrected chi connectivity index (χ1v) is 7.15. The van der Waals surface area contributed by atoms with Crippen LogP contribution < -0.4 is 0 Å². The van der Waals surface area contributed by atoms with E-state index in [1.807, 2.05) is 0 Å². The van der Waals surface area contributed by atoms with E-state index in [-0.39, 0.29) is 0 Å². The molecule has 90 valence electrons. The van der Waals surface area contributed by atoms with E-state index in [9.17, 15) is 0 Å². The first kappa shape index (κ1) is 10.8. The van der Waals surface area contributed by atoms with Crippen LogP contribution in [0, 0.1) is 29.1 Å². The number of hydrogen-bond acceptors (Lipinski definition) is 1. The molecule has 2 saturated carbocycles. The van der Waals surface area contributed by atoms with Crippen molar-refractivity contribution in [2.45, 2.75) is 59.4 Å². The molecule has 0 saturated heterocycles. The molecule has 16 heavy (non-hydrogen) atoms. The van der Waals surface area contributed by atoms with E-state index in [1.165, 1.54) is 31.4 Å². The number of hydrogen-bond donors (Lipinski definition) is 0. The number of nitrogens with zero attached hydrogens (tertiary/aromatic N) is 1. The van der Waals surface area contributed by atoms with Gasteiger partial charge < -0.3 is 0 Å². The van der Waals surface area contributed by atoms with Gasteiger partial charge >= 0.3 is 0 Å². The van der Waals surface area contributed by atoms with Crippen molar-refractivity contribution in [2.75, 3.05) is 0 Å². The summed E-state index contributed by atoms with van der Waals surface area (Å²) in [7, 11) is 0. The second-order valence-corrected chi connectivity index (χ2v) is 6.59. The smallest absolute Gasteiger partial charge is 0.0592 e. The molecule has 2 fully saturated rings. The lowest BCUT2D eigenvalue weighted by atomic mass is 9.78. The van der Waals surface area contributed by atoms with Crippen LogP contribution in [0.1, 0.15) is 53.4 Å². The zero-order chi connectivity index (χ0) is 11.5. The Hall–Kier alpha value is -0.330. The van der Waals surface area contributed by atoms with Crippen molar-refractivity contribution in [3.05, 3.63) is 0 Å². The molecule has 1 nitrogen and oxygen atoms in total. The van der Waals surface area contributed by atoms with Crippen molar-refractivity contribution >= 4 is 5.71 Å². The van der Waals surface area contributed by atoms with Gasteiger partial charge in [0.1, 0.15) is 0 Å². The molecular formula is C15H25N. The SMILES string of the molecule is CC[C@@H]1C(C)=N[C@@H]2[C@H](C)C2(C2CC2)CC1C. The van der Waals surface area contributed by atoms with Crippen LogP contribution in [0.15, 0.2) is 4.99 Å². The van der Waals surface area contributed by atoms with E-state index in [1.54, 1.807) is 0 Å². The van der Waals surface area contributed by atoms with Gasteiger partial charge in [0, 0.05) is 11.1 Å². The second-order valence-electron chi connectivity index (χ2n) is 6.59. The molecule has 1 heteroatoms. The Kier molecular flexibility index (Phi) is 2.25. The maximum Gasteiger partial charge on any atom is 0.0592 e. The van der Waals surface area contributed by atoms with Gasteiger partial charge in [0.05, 0.1) is 6.04 Å². The standard InChI is InChI=1S/C15H25N/c1-5-13-9(2)8-15(12-6-7-12)10(3)14(15)16-11(13)4/h9-10,12-14H,5-8H2,1-4H3/t9?,10-,13-,14+,15?/m0/s1. The molecule has 0 bridgehead atoms. The minimum absolute atomic E-state index is 0.643. The van der Waals surface area contributed by atoms with E-state index in [0.717, 1.165) is 23.7 Å². The van der Waals surface area contributed by atoms with Gasteiger partial charge in [0.25, 0.3) is 0 Å². The third-order valence-electron chi connectivity index (χ3n) is 5.78. The van der Waals surface area contributed by atoms with Crippen molar-refractivity contribution in [2.24, 2.45) is 34.1 Å². The van der Waals surface area contributed by atoms with E-state index < -0.39 is 0 Å². The van der Waals surface area contributed by atoms with Gasteiger partial charge in [0.15, 0.2) is 0 Å². The van der Waals surface area contributed by atoms with E-state index in [2.05, 4.69) is 27.7 Å². The maximum atomic E-state index is 5.08. The van der Waals surface area contributed by atoms with Crippen LogP contribution in [0.4, 0.5) is 0 Å². The molecule has 1 heterocycles. The average molecular weight is 219 g/mol. The minimum atomic E-state index is 0.643. The monoisotopic (exact) mass is 219 g/mol. The average Bonchev–Trinajstić information content (AvgIpc) is 3.11. The van der Waals surface area contributed by atoms with Gasteiger partial charge in [-0.2, -0.15) is 0 Å². The Balaban J connectivity index is 1.91. The first-order valence-electron chi connectivity index (χ1n) is 7.15. The van der Waals surface area contributed by atoms with E-state index >= 15 is 0 Å². The highest BCUT2D eigenvalue weighted by molar-refractivity contribution is 5.85. The van der Waals surface area contributed by atoms with Crippen molar-refractivity contribution < 1.29 is 0 Å². The third kappa shape index (κ3) is 1.26. The summed E-state index contributed by atoms with van der Waals surface area (Å²) in [6.45, 7) is 9.51. The Morgan fingerprint density at radius 1 is 1.31 bits per heavy atom. The summed E-state index contributed by atoms with van der Waals surface area (Å²) >= 11 is 0. The van der Waals surface area contributed by atoms with E-state index in [4.69, 9.17) is 4.99 Å². The van der Waals surface area contributed by atoms with Crippen molar-refractivity contribution in [1.29, 1.82) is 0 Å². The van der Waals surface area contributed by atoms with Crippen LogP contribution in [0.3, 0.4) is 0 Å². The summed E-state index contributed by atoms with van der Waals surface area (Å²) in [6.07, 6.45) is 5.69. The van der Waals surface area contributed by atoms with E-state index in [0.29, 0.717) is 11.5 Å². The molecule has 0 aromatic heterocycles. The zero-order valence-electron chi connectivity index (χ0n) is 11.2. The van der Waals surface area contributed by atoms with Gasteiger partial charge in [-0.15, -0.1) is 0 Å². The lowest BCUT2D eigenvalue weighted by molar-refractivity contribution is 0.274. The predicted molar refractivity (Wildman–Crippen MR) is 68.8 cm³/mol. The van der Waals surface area contributed by atoms with Crippen molar-refractivity contribution in [3.63, 3.8) is 0 Å². The number of rotatable bonds is 2. The lowest BCUT2D eigenvalue weighted by Crippen LogP contribution is -2.21. The molecule has 5 atom stereocenters. The summed E-state index contributed by atoms with van der Waals surface area (Å²) in [5, 5.41) is 0. The molecule has 2 unspecified atom stereocenters. The highest BCUT2D eigenvalue weighted by Crippen LogP contribution is 2.70. The summed E-state index contributed by atoms with van der Waals surface area (Å²) in [4.78, 5) is 5.08. The zero-order valence-corrected chi connectivity index (χ0v) is 11.2. The second kappa shape index (κ2) is 3.34. The van der Waals surface area contributed by atoms with Crippen molar-refractivity contribution in [1.82, 2.24) is 0 Å². The topological polar surface area (TPSA) is 12.4 Å². The first-order chi connectivity index (χ1) is 7.61. The predicted octanol–water partition coefficient (Wildman–Crippen LogP) is 3.93. The van der Waals surface area contributed by atoms with Crippen LogP contribution in [0.25, 0.3) is 0 Å². The van der Waals surface area contributed by atoms with Crippen LogP contribution in [0.2, 0.25) is 0 Å². The summed E-state index contributed by atoms with van der Waals surface area (Å²) in [5.74, 6) is 3.51. The fourth-order valence-electron chi connectivity index (χ4n) is 4.69. The lowest BCUT2D eigenvalue weighted by Gasteiger charge is -2.25. The molecule has 0 spiro atoms. The quantitative estimate of drug-likeness (QED) is 0.667. The maximum absolute atomic E-state index is 5.08. The normalized spacial score (nSPS) is 51.6. The Morgan fingerprint density at radius 2 is 2.00 bits per heavy atom. The minimum Gasteiger partial charge on any atom is -0.290 e. The highest BCUT2D eigenvalue weighted by Gasteiger charge is 2.69. The number of aliphatic imine (C=N–C) groups is 1. The molecule has 2 aliphatic carbocycles. The fourth-order valence-corrected chi connectivity index (χ4v) is 4.69. The van der Waals surface area contributed by atoms with Crippen LogP contribution >= 0.6 is 0 Å². The van der Waals surface area contributed by atoms with Gasteiger partial charge in [-0.25, -0.2) is 0 Å². The number of fused-ring (bicyclic) bond motifs is 1. The Labute approximate surface area is 99.7 Å². The summed E-state index contributed by atoms with van der Waals surface area (Å²) in [5.41, 5.74) is 2.09. The van der Waals surface area contributed by atoms with Gasteiger partial charge in [-0.3, -0.25) is 4.99 Å². The van der Waals surface area contributed by atoms with Crippen LogP contribution in [0.5, 0.6) is 0 Å². The largest absolute Gasteiger partial charge is 0.290 e. The Bertz CT molecular complexity index is 328. The van der Waals surface area contributed by atoms with Gasteiger partial charge in [-0.05, 0) is 56.3 Å². The van der Waals surface area contributed by atoms with Crippen LogP contribution in [-0.2, 0) is 0 Å². The van der Waals surface area contributed by atoms with Gasteiger partial charge in [-0.1, -0.05) is 20.8 Å². The third-order valence-corrected chi connectivity index (χ3v) is 5.78. The molecule has 0 aromatic carbocycles. The Morgan fingerprint density at radius 3 is 2.56 bits per heavy atom. The molecule has 0 radical (unpaired) electrons. The molecule has 0 N–H and O–H groups in total. The van der Waals surface area contributed by atoms with Gasteiger partial charge in [0.2, 0.25) is 0 Å². The molecule has 3 aliphatic rings. The summed E-state index contributed by atoms with van der Waals surface area (Å²) in [6, 6.07) is 0.694. The molecule has 1 aliphatic heterocycles. The van der Waals surface area contributed by atoms with Crippen LogP contribution in [-0.4, -0.2) is 11.8 Å². The molecule has 0 amide bonds. The van der Waals surface area contributed by atoms with Crippen molar-refractivity contribution in [3.8, 4) is 0 Å². The molecular weight excluding hydrogens is 194 g/mol. The molecule has 3 rings (SSSR count). The molecule has 0 aromatic rings.